The number of carbonyl (C=O) groups is 2. The minimum absolute atomic E-state index is 0.103. The van der Waals surface area contributed by atoms with Crippen molar-refractivity contribution < 1.29 is 19.1 Å². The SMILES string of the molecule is COc1ccc(-n2cc(-c3ccccc3)nc2NC(=O)CN(C(=O)c2cccs2)C(C)C)cc1OC. The molecule has 0 fully saturated rings. The molecule has 0 atom stereocenters. The van der Waals surface area contributed by atoms with Crippen molar-refractivity contribution in [2.24, 2.45) is 0 Å². The van der Waals surface area contributed by atoms with E-state index in [0.29, 0.717) is 28.0 Å². The van der Waals surface area contributed by atoms with E-state index < -0.39 is 0 Å². The third kappa shape index (κ3) is 5.41. The maximum atomic E-state index is 13.2. The van der Waals surface area contributed by atoms with Crippen LogP contribution >= 0.6 is 11.3 Å². The van der Waals surface area contributed by atoms with E-state index in [1.54, 1.807) is 35.8 Å². The molecule has 2 amide bonds. The molecule has 9 heteroatoms. The number of carbonyl (C=O) groups excluding carboxylic acids is 2. The first-order chi connectivity index (χ1) is 17.4. The molecule has 0 spiro atoms. The van der Waals surface area contributed by atoms with Gasteiger partial charge in [-0.1, -0.05) is 36.4 Å². The van der Waals surface area contributed by atoms with Crippen LogP contribution in [-0.4, -0.2) is 53.1 Å². The fourth-order valence-corrected chi connectivity index (χ4v) is 4.42. The first-order valence-electron chi connectivity index (χ1n) is 11.4. The van der Waals surface area contributed by atoms with E-state index in [-0.39, 0.29) is 24.4 Å². The van der Waals surface area contributed by atoms with E-state index in [9.17, 15) is 9.59 Å². The number of rotatable bonds is 9. The van der Waals surface area contributed by atoms with Crippen molar-refractivity contribution in [2.45, 2.75) is 19.9 Å². The summed E-state index contributed by atoms with van der Waals surface area (Å²) in [6.45, 7) is 3.67. The van der Waals surface area contributed by atoms with Gasteiger partial charge in [-0.15, -0.1) is 11.3 Å². The molecule has 36 heavy (non-hydrogen) atoms. The van der Waals surface area contributed by atoms with Gasteiger partial charge in [0.2, 0.25) is 11.9 Å². The summed E-state index contributed by atoms with van der Waals surface area (Å²) >= 11 is 1.35. The largest absolute Gasteiger partial charge is 0.493 e. The van der Waals surface area contributed by atoms with E-state index in [0.717, 1.165) is 11.3 Å². The smallest absolute Gasteiger partial charge is 0.264 e. The number of hydrogen-bond acceptors (Lipinski definition) is 6. The summed E-state index contributed by atoms with van der Waals surface area (Å²) < 4.78 is 12.6. The van der Waals surface area contributed by atoms with Gasteiger partial charge in [-0.2, -0.15) is 0 Å². The minimum atomic E-state index is -0.347. The zero-order chi connectivity index (χ0) is 25.7. The standard InChI is InChI=1S/C27H28N4O4S/c1-18(2)30(26(33)24-11-8-14-36-24)17-25(32)29-27-28-21(19-9-6-5-7-10-19)16-31(27)20-12-13-22(34-3)23(15-20)35-4/h5-16,18H,17H2,1-4H3,(H,28,29,32). The molecule has 0 aliphatic carbocycles. The Morgan fingerprint density at radius 2 is 1.78 bits per heavy atom. The molecule has 2 heterocycles. The molecule has 0 unspecified atom stereocenters. The number of nitrogens with one attached hydrogen (secondary N) is 1. The average Bonchev–Trinajstić information content (AvgIpc) is 3.57. The number of anilines is 1. The van der Waals surface area contributed by atoms with Crippen molar-refractivity contribution in [3.05, 3.63) is 77.1 Å². The molecule has 2 aromatic heterocycles. The lowest BCUT2D eigenvalue weighted by molar-refractivity contribution is -0.117. The first kappa shape index (κ1) is 25.0. The predicted octanol–water partition coefficient (Wildman–Crippen LogP) is 5.11. The van der Waals surface area contributed by atoms with Crippen molar-refractivity contribution in [2.75, 3.05) is 26.1 Å². The monoisotopic (exact) mass is 504 g/mol. The summed E-state index contributed by atoms with van der Waals surface area (Å²) in [5, 5.41) is 4.75. The van der Waals surface area contributed by atoms with Crippen molar-refractivity contribution >= 4 is 29.1 Å². The van der Waals surface area contributed by atoms with Gasteiger partial charge in [0.15, 0.2) is 11.5 Å². The normalized spacial score (nSPS) is 10.8. The van der Waals surface area contributed by atoms with Gasteiger partial charge in [0.1, 0.15) is 6.54 Å². The topological polar surface area (TPSA) is 85.7 Å². The van der Waals surface area contributed by atoms with Crippen molar-refractivity contribution in [3.8, 4) is 28.4 Å². The average molecular weight is 505 g/mol. The van der Waals surface area contributed by atoms with Gasteiger partial charge < -0.3 is 14.4 Å². The Morgan fingerprint density at radius 3 is 2.42 bits per heavy atom. The number of aromatic nitrogens is 2. The number of thiophene rings is 1. The highest BCUT2D eigenvalue weighted by Gasteiger charge is 2.24. The van der Waals surface area contributed by atoms with Gasteiger partial charge in [-0.05, 0) is 37.4 Å². The number of hydrogen-bond donors (Lipinski definition) is 1. The van der Waals surface area contributed by atoms with Gasteiger partial charge in [0, 0.05) is 23.9 Å². The number of ether oxygens (including phenoxy) is 2. The highest BCUT2D eigenvalue weighted by Crippen LogP contribution is 2.31. The molecule has 2 aromatic carbocycles. The van der Waals surface area contributed by atoms with Gasteiger partial charge in [-0.3, -0.25) is 19.5 Å². The Balaban J connectivity index is 1.66. The molecule has 1 N–H and O–H groups in total. The highest BCUT2D eigenvalue weighted by molar-refractivity contribution is 7.12. The van der Waals surface area contributed by atoms with E-state index >= 15 is 0 Å². The molecule has 0 bridgehead atoms. The Labute approximate surface area is 214 Å². The lowest BCUT2D eigenvalue weighted by Crippen LogP contribution is -2.42. The fraction of sp³-hybridized carbons (Fsp3) is 0.222. The van der Waals surface area contributed by atoms with Crippen LogP contribution in [0, 0.1) is 0 Å². The quantitative estimate of drug-likeness (QED) is 0.343. The number of nitrogens with zero attached hydrogens (tertiary/aromatic N) is 3. The van der Waals surface area contributed by atoms with Gasteiger partial charge in [-0.25, -0.2) is 4.98 Å². The van der Waals surface area contributed by atoms with E-state index in [4.69, 9.17) is 14.5 Å². The van der Waals surface area contributed by atoms with Crippen LogP contribution in [0.5, 0.6) is 11.5 Å². The van der Waals surface area contributed by atoms with Crippen molar-refractivity contribution in [1.29, 1.82) is 0 Å². The molecule has 0 aliphatic rings. The summed E-state index contributed by atoms with van der Waals surface area (Å²) in [6.07, 6.45) is 1.85. The minimum Gasteiger partial charge on any atom is -0.493 e. The molecule has 0 radical (unpaired) electrons. The second-order valence-electron chi connectivity index (χ2n) is 8.28. The van der Waals surface area contributed by atoms with Crippen LogP contribution in [0.25, 0.3) is 16.9 Å². The van der Waals surface area contributed by atoms with Crippen LogP contribution in [0.3, 0.4) is 0 Å². The second kappa shape index (κ2) is 11.1. The Hall–Kier alpha value is -4.11. The third-order valence-electron chi connectivity index (χ3n) is 5.60. The van der Waals surface area contributed by atoms with E-state index in [2.05, 4.69) is 5.32 Å². The predicted molar refractivity (Wildman–Crippen MR) is 141 cm³/mol. The summed E-state index contributed by atoms with van der Waals surface area (Å²) in [5.41, 5.74) is 2.33. The zero-order valence-corrected chi connectivity index (χ0v) is 21.4. The van der Waals surface area contributed by atoms with E-state index in [1.165, 1.54) is 11.3 Å². The summed E-state index contributed by atoms with van der Waals surface area (Å²) in [7, 11) is 3.14. The molecule has 0 saturated heterocycles. The van der Waals surface area contributed by atoms with Gasteiger partial charge in [0.05, 0.1) is 30.5 Å². The van der Waals surface area contributed by atoms with E-state index in [1.807, 2.05) is 74.0 Å². The lowest BCUT2D eigenvalue weighted by atomic mass is 10.2. The van der Waals surface area contributed by atoms with Crippen LogP contribution in [0.2, 0.25) is 0 Å². The second-order valence-corrected chi connectivity index (χ2v) is 9.23. The number of methoxy groups -OCH3 is 2. The first-order valence-corrected chi connectivity index (χ1v) is 12.3. The molecule has 0 aliphatic heterocycles. The maximum Gasteiger partial charge on any atom is 0.264 e. The van der Waals surface area contributed by atoms with Crippen LogP contribution < -0.4 is 14.8 Å². The number of benzene rings is 2. The zero-order valence-electron chi connectivity index (χ0n) is 20.6. The maximum absolute atomic E-state index is 13.2. The Kier molecular flexibility index (Phi) is 7.70. The van der Waals surface area contributed by atoms with Crippen LogP contribution in [0.1, 0.15) is 23.5 Å². The molecular weight excluding hydrogens is 476 g/mol. The summed E-state index contributed by atoms with van der Waals surface area (Å²) in [5.74, 6) is 0.951. The highest BCUT2D eigenvalue weighted by atomic mass is 32.1. The van der Waals surface area contributed by atoms with Gasteiger partial charge >= 0.3 is 0 Å². The Bertz CT molecular complexity index is 1330. The molecule has 186 valence electrons. The van der Waals surface area contributed by atoms with Gasteiger partial charge in [0.25, 0.3) is 5.91 Å². The molecule has 8 nitrogen and oxygen atoms in total. The van der Waals surface area contributed by atoms with Crippen LogP contribution in [0.15, 0.2) is 72.2 Å². The van der Waals surface area contributed by atoms with Crippen LogP contribution in [-0.2, 0) is 4.79 Å². The number of amides is 2. The number of imidazole rings is 1. The molecular formula is C27H28N4O4S. The lowest BCUT2D eigenvalue weighted by Gasteiger charge is -2.25. The molecule has 0 saturated carbocycles. The van der Waals surface area contributed by atoms with Crippen molar-refractivity contribution in [1.82, 2.24) is 14.5 Å². The van der Waals surface area contributed by atoms with Crippen molar-refractivity contribution in [3.63, 3.8) is 0 Å². The Morgan fingerprint density at radius 1 is 1.03 bits per heavy atom. The summed E-state index contributed by atoms with van der Waals surface area (Å²) in [6, 6.07) is 18.6. The van der Waals surface area contributed by atoms with Crippen LogP contribution in [0.4, 0.5) is 5.95 Å². The molecule has 4 rings (SSSR count). The molecule has 4 aromatic rings. The fourth-order valence-electron chi connectivity index (χ4n) is 3.74. The third-order valence-corrected chi connectivity index (χ3v) is 6.46. The summed E-state index contributed by atoms with van der Waals surface area (Å²) in [4.78, 5) is 32.9.